The lowest BCUT2D eigenvalue weighted by Gasteiger charge is -2.08. The average Bonchev–Trinajstić information content (AvgIpc) is 2.94. The van der Waals surface area contributed by atoms with Gasteiger partial charge in [0.2, 0.25) is 0 Å². The third-order valence-corrected chi connectivity index (χ3v) is 5.28. The van der Waals surface area contributed by atoms with Crippen LogP contribution in [-0.2, 0) is 16.4 Å². The van der Waals surface area contributed by atoms with Crippen LogP contribution in [0.3, 0.4) is 0 Å². The highest BCUT2D eigenvalue weighted by Crippen LogP contribution is 2.25. The second-order valence-corrected chi connectivity index (χ2v) is 7.33. The normalized spacial score (nSPS) is 11.7. The van der Waals surface area contributed by atoms with Crippen molar-refractivity contribution in [3.63, 3.8) is 0 Å². The van der Waals surface area contributed by atoms with E-state index in [-0.39, 0.29) is 15.7 Å². The maximum atomic E-state index is 12.2. The van der Waals surface area contributed by atoms with Crippen LogP contribution >= 0.6 is 23.2 Å². The number of halogens is 2. The second-order valence-electron chi connectivity index (χ2n) is 4.41. The van der Waals surface area contributed by atoms with Crippen LogP contribution in [0.15, 0.2) is 41.6 Å². The first-order valence-corrected chi connectivity index (χ1v) is 8.76. The van der Waals surface area contributed by atoms with E-state index in [9.17, 15) is 8.42 Å². The molecule has 0 unspecified atom stereocenters. The van der Waals surface area contributed by atoms with E-state index < -0.39 is 9.84 Å². The van der Waals surface area contributed by atoms with E-state index in [4.69, 9.17) is 23.2 Å². The molecule has 0 aliphatic carbocycles. The third-order valence-electron chi connectivity index (χ3n) is 2.85. The summed E-state index contributed by atoms with van der Waals surface area (Å²) in [6.45, 7) is 1.66. The molecule has 1 aromatic carbocycles. The van der Waals surface area contributed by atoms with Gasteiger partial charge in [0, 0.05) is 30.5 Å². The van der Waals surface area contributed by atoms with Gasteiger partial charge in [-0.2, -0.15) is 5.10 Å². The van der Waals surface area contributed by atoms with E-state index in [0.717, 1.165) is 0 Å². The van der Waals surface area contributed by atoms with Gasteiger partial charge in [0.15, 0.2) is 9.84 Å². The fourth-order valence-corrected chi connectivity index (χ4v) is 3.79. The van der Waals surface area contributed by atoms with Gasteiger partial charge in [-0.3, -0.25) is 4.68 Å². The van der Waals surface area contributed by atoms with Crippen molar-refractivity contribution in [1.29, 1.82) is 0 Å². The van der Waals surface area contributed by atoms with Crippen LogP contribution in [0.5, 0.6) is 0 Å². The molecule has 0 radical (unpaired) electrons. The number of sulfone groups is 1. The minimum Gasteiger partial charge on any atom is -0.314 e. The van der Waals surface area contributed by atoms with Crippen LogP contribution in [0, 0.1) is 0 Å². The summed E-state index contributed by atoms with van der Waals surface area (Å²) in [7, 11) is -3.45. The van der Waals surface area contributed by atoms with Crippen molar-refractivity contribution in [3.05, 3.63) is 46.7 Å². The zero-order valence-electron chi connectivity index (χ0n) is 11.2. The minimum atomic E-state index is -3.45. The predicted octanol–water partition coefficient (Wildman–Crippen LogP) is 2.25. The molecule has 0 spiro atoms. The zero-order chi connectivity index (χ0) is 15.3. The molecule has 1 aromatic heterocycles. The Hall–Kier alpha value is -1.08. The summed E-state index contributed by atoms with van der Waals surface area (Å²) in [6.07, 6.45) is 3.55. The summed E-state index contributed by atoms with van der Waals surface area (Å²) in [5.74, 6) is -0.0355. The number of hydrogen-bond donors (Lipinski definition) is 1. The standard InChI is InChI=1S/C13H15Cl2N3O2S/c14-11-2-3-12(15)13(10-11)21(19,20)9-6-16-5-8-18-7-1-4-17-18/h1-4,7,10,16H,5-6,8-9H2. The summed E-state index contributed by atoms with van der Waals surface area (Å²) in [5.41, 5.74) is 0. The Labute approximate surface area is 133 Å². The SMILES string of the molecule is O=S(=O)(CCNCCn1cccn1)c1cc(Cl)ccc1Cl. The third kappa shape index (κ3) is 4.71. The van der Waals surface area contributed by atoms with E-state index in [0.29, 0.717) is 24.7 Å². The van der Waals surface area contributed by atoms with Crippen LogP contribution in [0.2, 0.25) is 10.0 Å². The van der Waals surface area contributed by atoms with Gasteiger partial charge in [-0.15, -0.1) is 0 Å². The van der Waals surface area contributed by atoms with E-state index in [2.05, 4.69) is 10.4 Å². The van der Waals surface area contributed by atoms with Crippen LogP contribution in [-0.4, -0.2) is 37.0 Å². The van der Waals surface area contributed by atoms with E-state index in [1.807, 2.05) is 12.3 Å². The summed E-state index contributed by atoms with van der Waals surface area (Å²) in [5, 5.41) is 7.67. The molecule has 0 saturated heterocycles. The van der Waals surface area contributed by atoms with Crippen molar-refractivity contribution in [3.8, 4) is 0 Å². The molecule has 1 N–H and O–H groups in total. The van der Waals surface area contributed by atoms with Gasteiger partial charge in [0.1, 0.15) is 0 Å². The van der Waals surface area contributed by atoms with Crippen LogP contribution in [0.1, 0.15) is 0 Å². The molecule has 8 heteroatoms. The monoisotopic (exact) mass is 347 g/mol. The molecule has 0 amide bonds. The van der Waals surface area contributed by atoms with E-state index in [1.54, 1.807) is 16.9 Å². The lowest BCUT2D eigenvalue weighted by molar-refractivity contribution is 0.558. The molecule has 0 saturated carbocycles. The van der Waals surface area contributed by atoms with Crippen molar-refractivity contribution >= 4 is 33.0 Å². The molecule has 2 aromatic rings. The number of nitrogens with zero attached hydrogens (tertiary/aromatic N) is 2. The molecular weight excluding hydrogens is 333 g/mol. The molecule has 0 aliphatic heterocycles. The predicted molar refractivity (Wildman–Crippen MR) is 83.6 cm³/mol. The van der Waals surface area contributed by atoms with Crippen molar-refractivity contribution in [2.24, 2.45) is 0 Å². The van der Waals surface area contributed by atoms with Gasteiger partial charge in [-0.1, -0.05) is 23.2 Å². The maximum absolute atomic E-state index is 12.2. The summed E-state index contributed by atoms with van der Waals surface area (Å²) >= 11 is 11.7. The van der Waals surface area contributed by atoms with E-state index in [1.165, 1.54) is 12.1 Å². The topological polar surface area (TPSA) is 64.0 Å². The molecule has 0 fully saturated rings. The largest absolute Gasteiger partial charge is 0.314 e. The summed E-state index contributed by atoms with van der Waals surface area (Å²) in [4.78, 5) is 0.0746. The fraction of sp³-hybridized carbons (Fsp3) is 0.308. The summed E-state index contributed by atoms with van der Waals surface area (Å²) < 4.78 is 26.2. The Kier molecular flexibility index (Phi) is 5.64. The first kappa shape index (κ1) is 16.3. The zero-order valence-corrected chi connectivity index (χ0v) is 13.5. The smallest absolute Gasteiger partial charge is 0.181 e. The Morgan fingerprint density at radius 2 is 2.05 bits per heavy atom. The van der Waals surface area contributed by atoms with Crippen molar-refractivity contribution in [2.75, 3.05) is 18.8 Å². The molecule has 0 aliphatic rings. The molecule has 2 rings (SSSR count). The molecular formula is C13H15Cl2N3O2S. The molecule has 0 bridgehead atoms. The Balaban J connectivity index is 1.85. The first-order valence-electron chi connectivity index (χ1n) is 6.35. The number of benzene rings is 1. The molecule has 1 heterocycles. The highest BCUT2D eigenvalue weighted by Gasteiger charge is 2.18. The lowest BCUT2D eigenvalue weighted by atomic mass is 10.4. The van der Waals surface area contributed by atoms with Crippen LogP contribution < -0.4 is 5.32 Å². The van der Waals surface area contributed by atoms with Gasteiger partial charge in [0.05, 0.1) is 22.2 Å². The van der Waals surface area contributed by atoms with Gasteiger partial charge in [-0.25, -0.2) is 8.42 Å². The Morgan fingerprint density at radius 1 is 1.24 bits per heavy atom. The van der Waals surface area contributed by atoms with Gasteiger partial charge in [-0.05, 0) is 24.3 Å². The quantitative estimate of drug-likeness (QED) is 0.780. The molecule has 21 heavy (non-hydrogen) atoms. The number of hydrogen-bond acceptors (Lipinski definition) is 4. The summed E-state index contributed by atoms with van der Waals surface area (Å²) in [6, 6.07) is 6.27. The number of rotatable bonds is 7. The maximum Gasteiger partial charge on any atom is 0.181 e. The fourth-order valence-electron chi connectivity index (χ4n) is 1.78. The average molecular weight is 348 g/mol. The van der Waals surface area contributed by atoms with Crippen molar-refractivity contribution < 1.29 is 8.42 Å². The minimum absolute atomic E-state index is 0.0355. The number of aromatic nitrogens is 2. The van der Waals surface area contributed by atoms with Crippen molar-refractivity contribution in [2.45, 2.75) is 11.4 Å². The highest BCUT2D eigenvalue weighted by atomic mass is 35.5. The lowest BCUT2D eigenvalue weighted by Crippen LogP contribution is -2.26. The van der Waals surface area contributed by atoms with E-state index >= 15 is 0 Å². The molecule has 5 nitrogen and oxygen atoms in total. The second kappa shape index (κ2) is 7.26. The van der Waals surface area contributed by atoms with Gasteiger partial charge < -0.3 is 5.32 Å². The molecule has 114 valence electrons. The highest BCUT2D eigenvalue weighted by molar-refractivity contribution is 7.91. The Morgan fingerprint density at radius 3 is 2.76 bits per heavy atom. The first-order chi connectivity index (χ1) is 9.99. The Bertz CT molecular complexity index is 687. The van der Waals surface area contributed by atoms with Crippen molar-refractivity contribution in [1.82, 2.24) is 15.1 Å². The van der Waals surface area contributed by atoms with Crippen LogP contribution in [0.4, 0.5) is 0 Å². The van der Waals surface area contributed by atoms with Gasteiger partial charge >= 0.3 is 0 Å². The van der Waals surface area contributed by atoms with Crippen LogP contribution in [0.25, 0.3) is 0 Å². The number of nitrogens with one attached hydrogen (secondary N) is 1. The molecule has 0 atom stereocenters. The van der Waals surface area contributed by atoms with Gasteiger partial charge in [0.25, 0.3) is 0 Å².